The number of anilines is 2. The van der Waals surface area contributed by atoms with Gasteiger partial charge in [0.05, 0.1) is 11.4 Å². The number of hydrogen-bond acceptors (Lipinski definition) is 6. The molecular formula is C24H32N8O5. The summed E-state index contributed by atoms with van der Waals surface area (Å²) in [6.07, 6.45) is 5.38. The van der Waals surface area contributed by atoms with Crippen LogP contribution in [-0.2, 0) is 25.4 Å². The van der Waals surface area contributed by atoms with Gasteiger partial charge in [-0.25, -0.2) is 4.79 Å². The zero-order chi connectivity index (χ0) is 27.1. The van der Waals surface area contributed by atoms with Crippen LogP contribution in [0.15, 0.2) is 46.4 Å². The number of amides is 3. The monoisotopic (exact) mass is 512 g/mol. The van der Waals surface area contributed by atoms with Gasteiger partial charge in [0.15, 0.2) is 0 Å². The van der Waals surface area contributed by atoms with E-state index in [0.717, 1.165) is 13.0 Å². The molecule has 3 aromatic rings. The van der Waals surface area contributed by atoms with Gasteiger partial charge in [-0.2, -0.15) is 0 Å². The van der Waals surface area contributed by atoms with Gasteiger partial charge in [-0.1, -0.05) is 0 Å². The number of rotatable bonds is 11. The molecular weight excluding hydrogens is 480 g/mol. The Morgan fingerprint density at radius 2 is 1.57 bits per heavy atom. The number of aromatic nitrogens is 4. The van der Waals surface area contributed by atoms with E-state index >= 15 is 0 Å². The van der Waals surface area contributed by atoms with Crippen LogP contribution in [0.5, 0.6) is 0 Å². The molecule has 13 nitrogen and oxygen atoms in total. The number of hydrogen-bond donors (Lipinski definition) is 4. The van der Waals surface area contributed by atoms with Crippen molar-refractivity contribution in [3.05, 3.63) is 69.0 Å². The molecule has 37 heavy (non-hydrogen) atoms. The minimum Gasteiger partial charge on any atom is -0.351 e. The van der Waals surface area contributed by atoms with Crippen LogP contribution >= 0.6 is 0 Å². The van der Waals surface area contributed by atoms with Gasteiger partial charge in [-0.05, 0) is 39.2 Å². The normalized spacial score (nSPS) is 10.9. The van der Waals surface area contributed by atoms with Gasteiger partial charge >= 0.3 is 5.69 Å². The largest absolute Gasteiger partial charge is 0.351 e. The highest BCUT2D eigenvalue weighted by molar-refractivity contribution is 6.05. The average Bonchev–Trinajstić information content (AvgIpc) is 3.37. The maximum atomic E-state index is 12.8. The van der Waals surface area contributed by atoms with Crippen LogP contribution < -0.4 is 27.2 Å². The van der Waals surface area contributed by atoms with Gasteiger partial charge in [0, 0.05) is 58.3 Å². The van der Waals surface area contributed by atoms with Gasteiger partial charge in [0.2, 0.25) is 5.91 Å². The lowest BCUT2D eigenvalue weighted by Gasteiger charge is -2.10. The number of carbonyl (C=O) groups is 3. The van der Waals surface area contributed by atoms with Crippen molar-refractivity contribution in [1.29, 1.82) is 0 Å². The summed E-state index contributed by atoms with van der Waals surface area (Å²) in [6.45, 7) is 1.49. The Morgan fingerprint density at radius 1 is 0.946 bits per heavy atom. The maximum absolute atomic E-state index is 12.8. The molecule has 3 aromatic heterocycles. The van der Waals surface area contributed by atoms with Crippen LogP contribution in [0.25, 0.3) is 0 Å². The Balaban J connectivity index is 1.56. The quantitative estimate of drug-likeness (QED) is 0.269. The molecule has 3 rings (SSSR count). The number of H-pyrrole nitrogens is 1. The Labute approximate surface area is 213 Å². The fourth-order valence-electron chi connectivity index (χ4n) is 3.67. The molecule has 3 heterocycles. The van der Waals surface area contributed by atoms with Gasteiger partial charge in [-0.15, -0.1) is 0 Å². The van der Waals surface area contributed by atoms with E-state index in [9.17, 15) is 24.0 Å². The molecule has 3 amide bonds. The van der Waals surface area contributed by atoms with Crippen molar-refractivity contribution in [3.63, 3.8) is 0 Å². The van der Waals surface area contributed by atoms with Crippen molar-refractivity contribution in [3.8, 4) is 0 Å². The molecule has 13 heteroatoms. The summed E-state index contributed by atoms with van der Waals surface area (Å²) < 4.78 is 4.43. The van der Waals surface area contributed by atoms with E-state index < -0.39 is 17.2 Å². The van der Waals surface area contributed by atoms with Gasteiger partial charge < -0.3 is 34.6 Å². The molecule has 0 radical (unpaired) electrons. The van der Waals surface area contributed by atoms with Gasteiger partial charge in [0.1, 0.15) is 11.4 Å². The van der Waals surface area contributed by atoms with Crippen molar-refractivity contribution in [2.45, 2.75) is 19.4 Å². The SMILES string of the molecule is CN(C)CCCNC(=O)c1cc(NC(=O)c2cc(NC(=O)CCn3ccc(=O)[nH]c3=O)cn2C)cn1C. The highest BCUT2D eigenvalue weighted by atomic mass is 16.2. The lowest BCUT2D eigenvalue weighted by molar-refractivity contribution is -0.116. The third kappa shape index (κ3) is 7.54. The van der Waals surface area contributed by atoms with Crippen molar-refractivity contribution >= 4 is 29.1 Å². The van der Waals surface area contributed by atoms with Crippen molar-refractivity contribution in [1.82, 2.24) is 28.9 Å². The fourth-order valence-corrected chi connectivity index (χ4v) is 3.67. The zero-order valence-electron chi connectivity index (χ0n) is 21.3. The predicted molar refractivity (Wildman–Crippen MR) is 139 cm³/mol. The molecule has 0 aliphatic rings. The number of aryl methyl sites for hydroxylation is 3. The van der Waals surface area contributed by atoms with E-state index in [1.165, 1.54) is 22.9 Å². The Hall–Kier alpha value is -4.39. The van der Waals surface area contributed by atoms with E-state index in [1.807, 2.05) is 19.0 Å². The minimum absolute atomic E-state index is 0.00756. The van der Waals surface area contributed by atoms with E-state index in [1.54, 1.807) is 41.7 Å². The maximum Gasteiger partial charge on any atom is 0.328 e. The van der Waals surface area contributed by atoms with Crippen LogP contribution in [0.4, 0.5) is 11.4 Å². The lowest BCUT2D eigenvalue weighted by atomic mass is 10.3. The van der Waals surface area contributed by atoms with Gasteiger partial charge in [0.25, 0.3) is 17.4 Å². The standard InChI is InChI=1S/C24H32N8O5/c1-29(2)9-5-8-25-22(35)18-13-17(15-30(18)3)27-23(36)19-12-16(14-31(19)4)26-20(33)6-10-32-11-7-21(34)28-24(32)37/h7,11-15H,5-6,8-10H2,1-4H3,(H,25,35)(H,26,33)(H,27,36)(H,28,34,37). The topological polar surface area (TPSA) is 155 Å². The molecule has 4 N–H and O–H groups in total. The van der Waals surface area contributed by atoms with Gasteiger partial charge in [-0.3, -0.25) is 24.2 Å². The summed E-state index contributed by atoms with van der Waals surface area (Å²) in [5.74, 6) is -0.999. The number of nitrogens with one attached hydrogen (secondary N) is 4. The first kappa shape index (κ1) is 27.2. The second-order valence-electron chi connectivity index (χ2n) is 8.92. The molecule has 0 atom stereocenters. The first-order chi connectivity index (χ1) is 17.5. The summed E-state index contributed by atoms with van der Waals surface area (Å²) in [5, 5.41) is 8.34. The zero-order valence-corrected chi connectivity index (χ0v) is 21.3. The number of carbonyl (C=O) groups excluding carboxylic acids is 3. The van der Waals surface area contributed by atoms with E-state index in [2.05, 4.69) is 20.9 Å². The molecule has 0 saturated heterocycles. The molecule has 0 spiro atoms. The third-order valence-corrected chi connectivity index (χ3v) is 5.56. The van der Waals surface area contributed by atoms with Crippen molar-refractivity contribution < 1.29 is 14.4 Å². The molecule has 0 aliphatic heterocycles. The summed E-state index contributed by atoms with van der Waals surface area (Å²) in [5.41, 5.74) is 0.491. The molecule has 0 aliphatic carbocycles. The molecule has 0 aromatic carbocycles. The third-order valence-electron chi connectivity index (χ3n) is 5.56. The summed E-state index contributed by atoms with van der Waals surface area (Å²) in [6, 6.07) is 4.33. The summed E-state index contributed by atoms with van der Waals surface area (Å²) >= 11 is 0. The smallest absolute Gasteiger partial charge is 0.328 e. The lowest BCUT2D eigenvalue weighted by Crippen LogP contribution is -2.29. The van der Waals surface area contributed by atoms with E-state index in [-0.39, 0.29) is 24.8 Å². The average molecular weight is 513 g/mol. The minimum atomic E-state index is -0.593. The fraction of sp³-hybridized carbons (Fsp3) is 0.375. The molecule has 0 fully saturated rings. The Bertz CT molecular complexity index is 1390. The van der Waals surface area contributed by atoms with Crippen LogP contribution in [0, 0.1) is 0 Å². The van der Waals surface area contributed by atoms with Crippen LogP contribution in [0.2, 0.25) is 0 Å². The highest BCUT2D eigenvalue weighted by Crippen LogP contribution is 2.17. The van der Waals surface area contributed by atoms with Crippen molar-refractivity contribution in [2.75, 3.05) is 37.8 Å². The summed E-state index contributed by atoms with van der Waals surface area (Å²) in [4.78, 5) is 64.7. The first-order valence-electron chi connectivity index (χ1n) is 11.7. The molecule has 0 saturated carbocycles. The Kier molecular flexibility index (Phi) is 8.85. The molecule has 0 bridgehead atoms. The first-order valence-corrected chi connectivity index (χ1v) is 11.7. The number of nitrogens with zero attached hydrogens (tertiary/aromatic N) is 4. The second-order valence-corrected chi connectivity index (χ2v) is 8.92. The van der Waals surface area contributed by atoms with Crippen LogP contribution in [0.1, 0.15) is 33.8 Å². The molecule has 198 valence electrons. The molecule has 0 unspecified atom stereocenters. The van der Waals surface area contributed by atoms with E-state index in [0.29, 0.717) is 29.3 Å². The number of aromatic amines is 1. The van der Waals surface area contributed by atoms with Crippen LogP contribution in [-0.4, -0.2) is 68.5 Å². The second kappa shape index (κ2) is 12.0. The highest BCUT2D eigenvalue weighted by Gasteiger charge is 2.17. The Morgan fingerprint density at radius 3 is 2.19 bits per heavy atom. The van der Waals surface area contributed by atoms with E-state index in [4.69, 9.17) is 0 Å². The summed E-state index contributed by atoms with van der Waals surface area (Å²) in [7, 11) is 7.33. The van der Waals surface area contributed by atoms with Crippen LogP contribution in [0.3, 0.4) is 0 Å². The predicted octanol–water partition coefficient (Wildman–Crippen LogP) is 0.176. The van der Waals surface area contributed by atoms with Crippen molar-refractivity contribution in [2.24, 2.45) is 14.1 Å².